The van der Waals surface area contributed by atoms with E-state index in [0.29, 0.717) is 11.9 Å². The van der Waals surface area contributed by atoms with Crippen LogP contribution in [-0.2, 0) is 4.79 Å². The van der Waals surface area contributed by atoms with Crippen LogP contribution in [-0.4, -0.2) is 36.0 Å². The van der Waals surface area contributed by atoms with E-state index in [0.717, 1.165) is 18.9 Å². The van der Waals surface area contributed by atoms with Crippen molar-refractivity contribution < 1.29 is 4.79 Å². The monoisotopic (exact) mass is 266 g/mol. The molecule has 3 heteroatoms. The molecule has 1 unspecified atom stereocenters. The molecule has 1 N–H and O–H groups in total. The highest BCUT2D eigenvalue weighted by Gasteiger charge is 2.38. The zero-order valence-electron chi connectivity index (χ0n) is 12.9. The van der Waals surface area contributed by atoms with E-state index in [1.807, 2.05) is 11.9 Å². The molecule has 0 spiro atoms. The van der Waals surface area contributed by atoms with Crippen LogP contribution in [0.1, 0.15) is 65.2 Å². The number of piperidine rings is 1. The second kappa shape index (κ2) is 6.25. The van der Waals surface area contributed by atoms with Crippen LogP contribution in [0.2, 0.25) is 0 Å². The van der Waals surface area contributed by atoms with E-state index in [1.165, 1.54) is 44.9 Å². The quantitative estimate of drug-likeness (QED) is 0.852. The molecule has 0 aromatic carbocycles. The van der Waals surface area contributed by atoms with E-state index in [2.05, 4.69) is 19.2 Å². The van der Waals surface area contributed by atoms with Crippen LogP contribution in [0.25, 0.3) is 0 Å². The lowest BCUT2D eigenvalue weighted by atomic mass is 9.83. The van der Waals surface area contributed by atoms with Gasteiger partial charge in [-0.25, -0.2) is 0 Å². The molecule has 0 aromatic heterocycles. The van der Waals surface area contributed by atoms with Crippen molar-refractivity contribution in [3.8, 4) is 0 Å². The molecule has 2 fully saturated rings. The largest absolute Gasteiger partial charge is 0.341 e. The minimum absolute atomic E-state index is 0.311. The van der Waals surface area contributed by atoms with Crippen LogP contribution >= 0.6 is 0 Å². The fourth-order valence-corrected chi connectivity index (χ4v) is 3.73. The molecular weight excluding hydrogens is 236 g/mol. The topological polar surface area (TPSA) is 32.3 Å². The smallest absolute Gasteiger partial charge is 0.242 e. The summed E-state index contributed by atoms with van der Waals surface area (Å²) in [5.74, 6) is 1.20. The summed E-state index contributed by atoms with van der Waals surface area (Å²) in [6.45, 7) is 5.36. The minimum Gasteiger partial charge on any atom is -0.341 e. The summed E-state index contributed by atoms with van der Waals surface area (Å²) in [5.41, 5.74) is -0.311. The van der Waals surface area contributed by atoms with Gasteiger partial charge in [0.05, 0.1) is 5.54 Å². The maximum Gasteiger partial charge on any atom is 0.242 e. The number of hydrogen-bond acceptors (Lipinski definition) is 2. The second-order valence-corrected chi connectivity index (χ2v) is 6.71. The predicted molar refractivity (Wildman–Crippen MR) is 79.1 cm³/mol. The molecule has 1 aliphatic carbocycles. The second-order valence-electron chi connectivity index (χ2n) is 6.71. The Hall–Kier alpha value is -0.570. The van der Waals surface area contributed by atoms with Gasteiger partial charge in [0.15, 0.2) is 0 Å². The van der Waals surface area contributed by atoms with Crippen LogP contribution in [0.15, 0.2) is 0 Å². The third-order valence-electron chi connectivity index (χ3n) is 5.35. The van der Waals surface area contributed by atoms with E-state index in [4.69, 9.17) is 0 Å². The summed E-state index contributed by atoms with van der Waals surface area (Å²) in [6.07, 6.45) is 9.63. The molecular formula is C16H30N2O. The van der Waals surface area contributed by atoms with Crippen molar-refractivity contribution >= 4 is 5.91 Å². The zero-order chi connectivity index (χ0) is 13.9. The molecule has 1 saturated heterocycles. The maximum absolute atomic E-state index is 12.7. The SMILES string of the molecule is CCC1CCC(N(C)C(=O)C2(C)CCCCN2)CC1. The molecule has 1 saturated carbocycles. The van der Waals surface area contributed by atoms with Gasteiger partial charge in [0.1, 0.15) is 0 Å². The summed E-state index contributed by atoms with van der Waals surface area (Å²) in [4.78, 5) is 14.8. The highest BCUT2D eigenvalue weighted by Crippen LogP contribution is 2.30. The van der Waals surface area contributed by atoms with Crippen molar-refractivity contribution in [2.24, 2.45) is 5.92 Å². The molecule has 19 heavy (non-hydrogen) atoms. The van der Waals surface area contributed by atoms with Gasteiger partial charge in [0.25, 0.3) is 0 Å². The molecule has 0 bridgehead atoms. The van der Waals surface area contributed by atoms with Gasteiger partial charge < -0.3 is 10.2 Å². The van der Waals surface area contributed by atoms with Crippen LogP contribution in [0.5, 0.6) is 0 Å². The Morgan fingerprint density at radius 1 is 1.26 bits per heavy atom. The summed E-state index contributed by atoms with van der Waals surface area (Å²) in [7, 11) is 2.01. The summed E-state index contributed by atoms with van der Waals surface area (Å²) in [6, 6.07) is 0.468. The van der Waals surface area contributed by atoms with Crippen LogP contribution in [0.3, 0.4) is 0 Å². The Morgan fingerprint density at radius 3 is 2.47 bits per heavy atom. The maximum atomic E-state index is 12.7. The molecule has 3 nitrogen and oxygen atoms in total. The molecule has 2 rings (SSSR count). The average Bonchev–Trinajstić information content (AvgIpc) is 2.46. The van der Waals surface area contributed by atoms with Crippen LogP contribution in [0.4, 0.5) is 0 Å². The first-order valence-electron chi connectivity index (χ1n) is 8.09. The Bertz CT molecular complexity index is 302. The van der Waals surface area contributed by atoms with Gasteiger partial charge in [0.2, 0.25) is 5.91 Å². The van der Waals surface area contributed by atoms with Crippen molar-refractivity contribution in [2.45, 2.75) is 76.8 Å². The molecule has 1 amide bonds. The fraction of sp³-hybridized carbons (Fsp3) is 0.938. The first-order chi connectivity index (χ1) is 9.07. The molecule has 0 aromatic rings. The number of nitrogens with one attached hydrogen (secondary N) is 1. The zero-order valence-corrected chi connectivity index (χ0v) is 12.9. The lowest BCUT2D eigenvalue weighted by Gasteiger charge is -2.41. The number of nitrogens with zero attached hydrogens (tertiary/aromatic N) is 1. The minimum atomic E-state index is -0.311. The van der Waals surface area contributed by atoms with Crippen LogP contribution in [0, 0.1) is 5.92 Å². The number of rotatable bonds is 3. The first-order valence-corrected chi connectivity index (χ1v) is 8.09. The van der Waals surface area contributed by atoms with Gasteiger partial charge in [-0.1, -0.05) is 13.3 Å². The van der Waals surface area contributed by atoms with Gasteiger partial charge in [-0.3, -0.25) is 4.79 Å². The average molecular weight is 266 g/mol. The van der Waals surface area contributed by atoms with Crippen LogP contribution < -0.4 is 5.32 Å². The molecule has 2 aliphatic rings. The number of hydrogen-bond donors (Lipinski definition) is 1. The standard InChI is InChI=1S/C16H30N2O/c1-4-13-7-9-14(10-8-13)18(3)15(19)16(2)11-5-6-12-17-16/h13-14,17H,4-12H2,1-3H3. The van der Waals surface area contributed by atoms with Crippen molar-refractivity contribution in [1.82, 2.24) is 10.2 Å². The van der Waals surface area contributed by atoms with Crippen molar-refractivity contribution in [3.63, 3.8) is 0 Å². The molecule has 110 valence electrons. The summed E-state index contributed by atoms with van der Waals surface area (Å²) >= 11 is 0. The van der Waals surface area contributed by atoms with Crippen molar-refractivity contribution in [2.75, 3.05) is 13.6 Å². The highest BCUT2D eigenvalue weighted by atomic mass is 16.2. The van der Waals surface area contributed by atoms with E-state index in [-0.39, 0.29) is 5.54 Å². The number of likely N-dealkylation sites (N-methyl/N-ethyl adjacent to an activating group) is 1. The molecule has 1 heterocycles. The summed E-state index contributed by atoms with van der Waals surface area (Å²) < 4.78 is 0. The predicted octanol–water partition coefficient (Wildman–Crippen LogP) is 2.95. The Labute approximate surface area is 118 Å². The molecule has 1 atom stereocenters. The molecule has 1 aliphatic heterocycles. The van der Waals surface area contributed by atoms with Crippen molar-refractivity contribution in [3.05, 3.63) is 0 Å². The number of carbonyl (C=O) groups excluding carboxylic acids is 1. The lowest BCUT2D eigenvalue weighted by Crippen LogP contribution is -2.59. The first kappa shape index (κ1) is 14.8. The molecule has 0 radical (unpaired) electrons. The third-order valence-corrected chi connectivity index (χ3v) is 5.35. The fourth-order valence-electron chi connectivity index (χ4n) is 3.73. The van der Waals surface area contributed by atoms with E-state index < -0.39 is 0 Å². The van der Waals surface area contributed by atoms with Gasteiger partial charge >= 0.3 is 0 Å². The third kappa shape index (κ3) is 3.31. The van der Waals surface area contributed by atoms with Gasteiger partial charge in [-0.05, 0) is 64.3 Å². The normalized spacial score (nSPS) is 35.9. The van der Waals surface area contributed by atoms with Gasteiger partial charge in [0, 0.05) is 13.1 Å². The Kier molecular flexibility index (Phi) is 4.88. The van der Waals surface area contributed by atoms with Crippen molar-refractivity contribution in [1.29, 1.82) is 0 Å². The summed E-state index contributed by atoms with van der Waals surface area (Å²) in [5, 5.41) is 3.44. The lowest BCUT2D eigenvalue weighted by molar-refractivity contribution is -0.140. The number of carbonyl (C=O) groups is 1. The Morgan fingerprint density at radius 2 is 1.95 bits per heavy atom. The number of amides is 1. The van der Waals surface area contributed by atoms with E-state index in [1.54, 1.807) is 0 Å². The van der Waals surface area contributed by atoms with E-state index >= 15 is 0 Å². The van der Waals surface area contributed by atoms with Gasteiger partial charge in [-0.15, -0.1) is 0 Å². The van der Waals surface area contributed by atoms with Gasteiger partial charge in [-0.2, -0.15) is 0 Å². The van der Waals surface area contributed by atoms with E-state index in [9.17, 15) is 4.79 Å². The Balaban J connectivity index is 1.92. The highest BCUT2D eigenvalue weighted by molar-refractivity contribution is 5.86.